The van der Waals surface area contributed by atoms with Crippen molar-refractivity contribution in [3.63, 3.8) is 0 Å². The van der Waals surface area contributed by atoms with Crippen LogP contribution < -0.4 is 5.48 Å². The highest BCUT2D eigenvalue weighted by Gasteiger charge is 2.23. The van der Waals surface area contributed by atoms with Gasteiger partial charge in [0.2, 0.25) is 5.91 Å². The largest absolute Gasteiger partial charge is 0.289 e. The molecular weight excluding hydrogens is 238 g/mol. The highest BCUT2D eigenvalue weighted by Crippen LogP contribution is 2.35. The Balaban J connectivity index is 4.06. The van der Waals surface area contributed by atoms with Crippen molar-refractivity contribution >= 4 is 5.91 Å². The van der Waals surface area contributed by atoms with Gasteiger partial charge in [-0.2, -0.15) is 0 Å². The van der Waals surface area contributed by atoms with Crippen molar-refractivity contribution < 1.29 is 10.0 Å². The van der Waals surface area contributed by atoms with Crippen LogP contribution in [0.2, 0.25) is 0 Å². The van der Waals surface area contributed by atoms with Gasteiger partial charge < -0.3 is 0 Å². The second kappa shape index (κ2) is 11.3. The van der Waals surface area contributed by atoms with Gasteiger partial charge in [0.15, 0.2) is 0 Å². The molecule has 0 aromatic carbocycles. The SMILES string of the molecule is CCCCCCCC(C)(CCCC)CCC(=O)NO. The number of carbonyl (C=O) groups is 1. The molecule has 3 nitrogen and oxygen atoms in total. The minimum atomic E-state index is -0.256. The van der Waals surface area contributed by atoms with Crippen LogP contribution in [0.15, 0.2) is 0 Å². The molecule has 19 heavy (non-hydrogen) atoms. The maximum atomic E-state index is 11.2. The van der Waals surface area contributed by atoms with Crippen molar-refractivity contribution in [3.8, 4) is 0 Å². The van der Waals surface area contributed by atoms with E-state index in [1.54, 1.807) is 5.48 Å². The highest BCUT2D eigenvalue weighted by atomic mass is 16.5. The first-order chi connectivity index (χ1) is 9.08. The zero-order valence-electron chi connectivity index (χ0n) is 13.1. The van der Waals surface area contributed by atoms with E-state index in [0.717, 1.165) is 6.42 Å². The van der Waals surface area contributed by atoms with Crippen molar-refractivity contribution in [3.05, 3.63) is 0 Å². The number of rotatable bonds is 12. The van der Waals surface area contributed by atoms with Crippen molar-refractivity contribution in [2.45, 2.75) is 91.4 Å². The van der Waals surface area contributed by atoms with Crippen molar-refractivity contribution in [1.82, 2.24) is 5.48 Å². The van der Waals surface area contributed by atoms with Gasteiger partial charge in [0.1, 0.15) is 0 Å². The molecule has 0 aliphatic heterocycles. The number of unbranched alkanes of at least 4 members (excludes halogenated alkanes) is 5. The Labute approximate surface area is 119 Å². The number of nitrogens with one attached hydrogen (secondary N) is 1. The summed E-state index contributed by atoms with van der Waals surface area (Å²) < 4.78 is 0. The predicted molar refractivity (Wildman–Crippen MR) is 80.2 cm³/mol. The van der Waals surface area contributed by atoms with Crippen LogP contribution in [0.3, 0.4) is 0 Å². The monoisotopic (exact) mass is 271 g/mol. The van der Waals surface area contributed by atoms with Crippen LogP contribution in [0.5, 0.6) is 0 Å². The fraction of sp³-hybridized carbons (Fsp3) is 0.938. The molecule has 0 aromatic heterocycles. The summed E-state index contributed by atoms with van der Waals surface area (Å²) >= 11 is 0. The average Bonchev–Trinajstić information content (AvgIpc) is 2.42. The number of carbonyl (C=O) groups excluding carboxylic acids is 1. The van der Waals surface area contributed by atoms with Crippen LogP contribution >= 0.6 is 0 Å². The third-order valence-electron chi connectivity index (χ3n) is 4.10. The second-order valence-corrected chi connectivity index (χ2v) is 6.11. The normalized spacial score (nSPS) is 14.1. The number of hydroxylamine groups is 1. The van der Waals surface area contributed by atoms with E-state index in [1.165, 1.54) is 57.8 Å². The summed E-state index contributed by atoms with van der Waals surface area (Å²) in [7, 11) is 0. The lowest BCUT2D eigenvalue weighted by Crippen LogP contribution is -2.23. The van der Waals surface area contributed by atoms with Crippen LogP contribution in [0.25, 0.3) is 0 Å². The first kappa shape index (κ1) is 18.4. The van der Waals surface area contributed by atoms with Gasteiger partial charge in [-0.05, 0) is 24.7 Å². The van der Waals surface area contributed by atoms with Gasteiger partial charge in [0, 0.05) is 6.42 Å². The molecule has 0 fully saturated rings. The van der Waals surface area contributed by atoms with E-state index in [-0.39, 0.29) is 11.3 Å². The predicted octanol–water partition coefficient (Wildman–Crippen LogP) is 4.83. The van der Waals surface area contributed by atoms with Gasteiger partial charge in [-0.15, -0.1) is 0 Å². The first-order valence-corrected chi connectivity index (χ1v) is 8.01. The molecule has 1 unspecified atom stereocenters. The topological polar surface area (TPSA) is 49.3 Å². The number of amides is 1. The molecule has 0 bridgehead atoms. The van der Waals surface area contributed by atoms with Gasteiger partial charge in [-0.3, -0.25) is 10.0 Å². The fourth-order valence-electron chi connectivity index (χ4n) is 2.61. The van der Waals surface area contributed by atoms with E-state index in [1.807, 2.05) is 0 Å². The summed E-state index contributed by atoms with van der Waals surface area (Å²) in [6, 6.07) is 0. The molecule has 0 heterocycles. The fourth-order valence-corrected chi connectivity index (χ4v) is 2.61. The molecule has 0 aliphatic rings. The molecule has 1 amide bonds. The molecule has 114 valence electrons. The van der Waals surface area contributed by atoms with Crippen molar-refractivity contribution in [2.24, 2.45) is 5.41 Å². The Morgan fingerprint density at radius 3 is 2.11 bits per heavy atom. The minimum absolute atomic E-state index is 0.256. The zero-order valence-corrected chi connectivity index (χ0v) is 13.1. The van der Waals surface area contributed by atoms with Crippen molar-refractivity contribution in [1.29, 1.82) is 0 Å². The van der Waals surface area contributed by atoms with E-state index in [4.69, 9.17) is 5.21 Å². The molecule has 0 aromatic rings. The van der Waals surface area contributed by atoms with E-state index in [9.17, 15) is 4.79 Å². The lowest BCUT2D eigenvalue weighted by molar-refractivity contribution is -0.129. The Bertz CT molecular complexity index is 231. The maximum absolute atomic E-state index is 11.2. The molecule has 0 radical (unpaired) electrons. The Morgan fingerprint density at radius 1 is 0.947 bits per heavy atom. The van der Waals surface area contributed by atoms with Gasteiger partial charge in [-0.1, -0.05) is 65.7 Å². The third-order valence-corrected chi connectivity index (χ3v) is 4.10. The summed E-state index contributed by atoms with van der Waals surface area (Å²) in [6.07, 6.45) is 12.7. The molecule has 1 atom stereocenters. The molecule has 2 N–H and O–H groups in total. The van der Waals surface area contributed by atoms with Gasteiger partial charge in [0.05, 0.1) is 0 Å². The standard InChI is InChI=1S/C16H33NO2/c1-4-6-8-9-10-13-16(3,12-7-5-2)14-11-15(18)17-19/h19H,4-14H2,1-3H3,(H,17,18). The highest BCUT2D eigenvalue weighted by molar-refractivity contribution is 5.74. The molecule has 0 rings (SSSR count). The van der Waals surface area contributed by atoms with Crippen molar-refractivity contribution in [2.75, 3.05) is 0 Å². The third kappa shape index (κ3) is 9.94. The molecular formula is C16H33NO2. The Hall–Kier alpha value is -0.570. The van der Waals surface area contributed by atoms with Gasteiger partial charge >= 0.3 is 0 Å². The van der Waals surface area contributed by atoms with Crippen LogP contribution in [0.4, 0.5) is 0 Å². The van der Waals surface area contributed by atoms with Crippen LogP contribution in [0.1, 0.15) is 91.4 Å². The van der Waals surface area contributed by atoms with Gasteiger partial charge in [-0.25, -0.2) is 5.48 Å². The molecule has 0 aliphatic carbocycles. The summed E-state index contributed by atoms with van der Waals surface area (Å²) in [5.41, 5.74) is 2.00. The molecule has 0 saturated carbocycles. The average molecular weight is 271 g/mol. The number of hydrogen-bond acceptors (Lipinski definition) is 2. The summed E-state index contributed by atoms with van der Waals surface area (Å²) in [6.45, 7) is 6.74. The second-order valence-electron chi connectivity index (χ2n) is 6.11. The Kier molecular flexibility index (Phi) is 10.9. The summed E-state index contributed by atoms with van der Waals surface area (Å²) in [4.78, 5) is 11.2. The first-order valence-electron chi connectivity index (χ1n) is 8.01. The van der Waals surface area contributed by atoms with E-state index in [2.05, 4.69) is 20.8 Å². The summed E-state index contributed by atoms with van der Waals surface area (Å²) in [5, 5.41) is 8.58. The zero-order chi connectivity index (χ0) is 14.6. The van der Waals surface area contributed by atoms with E-state index >= 15 is 0 Å². The van der Waals surface area contributed by atoms with Crippen LogP contribution in [-0.4, -0.2) is 11.1 Å². The minimum Gasteiger partial charge on any atom is -0.289 e. The summed E-state index contributed by atoms with van der Waals surface area (Å²) in [5.74, 6) is -0.256. The molecule has 0 spiro atoms. The number of hydrogen-bond donors (Lipinski definition) is 2. The van der Waals surface area contributed by atoms with Crippen LogP contribution in [0, 0.1) is 5.41 Å². The lowest BCUT2D eigenvalue weighted by Gasteiger charge is -2.29. The van der Waals surface area contributed by atoms with E-state index in [0.29, 0.717) is 6.42 Å². The quantitative estimate of drug-likeness (QED) is 0.303. The van der Waals surface area contributed by atoms with Gasteiger partial charge in [0.25, 0.3) is 0 Å². The maximum Gasteiger partial charge on any atom is 0.243 e. The smallest absolute Gasteiger partial charge is 0.243 e. The Morgan fingerprint density at radius 2 is 1.53 bits per heavy atom. The van der Waals surface area contributed by atoms with E-state index < -0.39 is 0 Å². The molecule has 3 heteroatoms. The van der Waals surface area contributed by atoms with Crippen LogP contribution in [-0.2, 0) is 4.79 Å². The molecule has 0 saturated heterocycles. The lowest BCUT2D eigenvalue weighted by atomic mass is 9.76.